The van der Waals surface area contributed by atoms with Crippen LogP contribution in [0.3, 0.4) is 0 Å². The molecule has 0 aliphatic heterocycles. The zero-order chi connectivity index (χ0) is 29.3. The summed E-state index contributed by atoms with van der Waals surface area (Å²) < 4.78 is 44.0. The standard InChI is InChI=1S/C26H31Cl2F3N4O4/c1-14(2)9-15(3)34(13-20(36)21-18(27)11-32-12-19(21)28)23(37)17-10-33-35(22(17)26(29,30)31)16-5-7-25(4,8-6-16)24(38)39/h10-12,14-16H,5-9,13H2,1-4H3,(H,38,39). The first-order valence-corrected chi connectivity index (χ1v) is 13.3. The molecule has 1 aliphatic carbocycles. The minimum atomic E-state index is -4.93. The smallest absolute Gasteiger partial charge is 0.433 e. The third-order valence-electron chi connectivity index (χ3n) is 7.27. The lowest BCUT2D eigenvalue weighted by atomic mass is 9.74. The zero-order valence-corrected chi connectivity index (χ0v) is 23.6. The molecule has 1 unspecified atom stereocenters. The molecule has 0 saturated heterocycles. The second-order valence-electron chi connectivity index (χ2n) is 10.8. The summed E-state index contributed by atoms with van der Waals surface area (Å²) in [5.41, 5.74) is -2.99. The summed E-state index contributed by atoms with van der Waals surface area (Å²) in [6.45, 7) is 6.46. The molecule has 2 aromatic heterocycles. The molecule has 1 atom stereocenters. The SMILES string of the molecule is CC(C)CC(C)N(CC(=O)c1c(Cl)cncc1Cl)C(=O)c1cnn(C2CCC(C)(C(=O)O)CC2)c1C(F)(F)F. The number of Topliss-reactive ketones (excluding diaryl/α,β-unsaturated/α-hetero) is 1. The Morgan fingerprint density at radius 2 is 1.69 bits per heavy atom. The van der Waals surface area contributed by atoms with Crippen molar-refractivity contribution in [1.29, 1.82) is 0 Å². The number of carboxylic acid groups (broad SMARTS) is 1. The Hall–Kier alpha value is -2.66. The molecule has 2 aromatic rings. The van der Waals surface area contributed by atoms with Gasteiger partial charge in [-0.1, -0.05) is 37.0 Å². The first-order valence-electron chi connectivity index (χ1n) is 12.6. The topological polar surface area (TPSA) is 105 Å². The van der Waals surface area contributed by atoms with E-state index in [0.717, 1.165) is 15.8 Å². The molecular weight excluding hydrogens is 560 g/mol. The maximum atomic E-state index is 14.4. The quantitative estimate of drug-likeness (QED) is 0.331. The van der Waals surface area contributed by atoms with Crippen LogP contribution in [-0.4, -0.2) is 55.0 Å². The first-order chi connectivity index (χ1) is 18.1. The lowest BCUT2D eigenvalue weighted by molar-refractivity contribution is -0.152. The average Bonchev–Trinajstić information content (AvgIpc) is 3.28. The fourth-order valence-corrected chi connectivity index (χ4v) is 5.66. The molecule has 0 bridgehead atoms. The third kappa shape index (κ3) is 6.74. The van der Waals surface area contributed by atoms with Crippen molar-refractivity contribution >= 4 is 40.9 Å². The van der Waals surface area contributed by atoms with Gasteiger partial charge >= 0.3 is 12.1 Å². The molecule has 3 rings (SSSR count). The predicted octanol–water partition coefficient (Wildman–Crippen LogP) is 6.57. The number of hydrogen-bond acceptors (Lipinski definition) is 5. The van der Waals surface area contributed by atoms with E-state index in [9.17, 15) is 32.7 Å². The number of rotatable bonds is 9. The second-order valence-corrected chi connectivity index (χ2v) is 11.6. The summed E-state index contributed by atoms with van der Waals surface area (Å²) in [4.78, 5) is 43.4. The highest BCUT2D eigenvalue weighted by Crippen LogP contribution is 2.43. The van der Waals surface area contributed by atoms with Gasteiger partial charge in [0.2, 0.25) is 0 Å². The van der Waals surface area contributed by atoms with E-state index < -0.39 is 59.1 Å². The number of carbonyl (C=O) groups is 3. The predicted molar refractivity (Wildman–Crippen MR) is 139 cm³/mol. The van der Waals surface area contributed by atoms with Crippen LogP contribution in [0.1, 0.15) is 92.3 Å². The number of halogens is 5. The van der Waals surface area contributed by atoms with Crippen molar-refractivity contribution in [3.8, 4) is 0 Å². The van der Waals surface area contributed by atoms with Crippen LogP contribution in [0.4, 0.5) is 13.2 Å². The molecule has 1 saturated carbocycles. The van der Waals surface area contributed by atoms with E-state index in [4.69, 9.17) is 23.2 Å². The van der Waals surface area contributed by atoms with Gasteiger partial charge in [-0.15, -0.1) is 0 Å². The van der Waals surface area contributed by atoms with Crippen molar-refractivity contribution in [1.82, 2.24) is 19.7 Å². The van der Waals surface area contributed by atoms with E-state index in [2.05, 4.69) is 10.1 Å². The van der Waals surface area contributed by atoms with Gasteiger partial charge in [-0.3, -0.25) is 24.0 Å². The summed E-state index contributed by atoms with van der Waals surface area (Å²) >= 11 is 12.2. The van der Waals surface area contributed by atoms with Crippen molar-refractivity contribution in [2.45, 2.75) is 78.1 Å². The maximum absolute atomic E-state index is 14.4. The minimum absolute atomic E-state index is 0.0362. The van der Waals surface area contributed by atoms with E-state index in [0.29, 0.717) is 6.42 Å². The molecule has 2 heterocycles. The molecule has 8 nitrogen and oxygen atoms in total. The van der Waals surface area contributed by atoms with Gasteiger partial charge in [0.15, 0.2) is 11.5 Å². The maximum Gasteiger partial charge on any atom is 0.433 e. The van der Waals surface area contributed by atoms with E-state index in [1.165, 1.54) is 12.4 Å². The number of pyridine rings is 1. The fourth-order valence-electron chi connectivity index (χ4n) is 5.08. The van der Waals surface area contributed by atoms with Crippen molar-refractivity contribution in [3.05, 3.63) is 45.5 Å². The summed E-state index contributed by atoms with van der Waals surface area (Å²) in [6.07, 6.45) is -0.530. The molecule has 1 amide bonds. The van der Waals surface area contributed by atoms with Crippen LogP contribution < -0.4 is 0 Å². The molecule has 214 valence electrons. The number of amides is 1. The van der Waals surface area contributed by atoms with Gasteiger partial charge in [0.05, 0.1) is 45.4 Å². The van der Waals surface area contributed by atoms with E-state index in [-0.39, 0.29) is 47.2 Å². The van der Waals surface area contributed by atoms with E-state index in [1.54, 1.807) is 13.8 Å². The number of carboxylic acids is 1. The van der Waals surface area contributed by atoms with Gasteiger partial charge in [0.1, 0.15) is 0 Å². The number of ketones is 1. The van der Waals surface area contributed by atoms with Crippen LogP contribution >= 0.6 is 23.2 Å². The van der Waals surface area contributed by atoms with E-state index in [1.807, 2.05) is 13.8 Å². The summed E-state index contributed by atoms with van der Waals surface area (Å²) in [6, 6.07) is -1.33. The van der Waals surface area contributed by atoms with Crippen LogP contribution in [0, 0.1) is 11.3 Å². The molecule has 1 fully saturated rings. The van der Waals surface area contributed by atoms with Gasteiger partial charge in [-0.05, 0) is 51.9 Å². The van der Waals surface area contributed by atoms with Gasteiger partial charge in [0, 0.05) is 18.4 Å². The van der Waals surface area contributed by atoms with Crippen LogP contribution in [-0.2, 0) is 11.0 Å². The molecular formula is C26H31Cl2F3N4O4. The Kier molecular flexibility index (Phi) is 9.37. The lowest BCUT2D eigenvalue weighted by Crippen LogP contribution is -2.43. The molecule has 1 aliphatic rings. The lowest BCUT2D eigenvalue weighted by Gasteiger charge is -2.35. The summed E-state index contributed by atoms with van der Waals surface area (Å²) in [7, 11) is 0. The fraction of sp³-hybridized carbons (Fsp3) is 0.577. The van der Waals surface area contributed by atoms with Crippen molar-refractivity contribution < 1.29 is 32.7 Å². The second kappa shape index (κ2) is 11.8. The number of carbonyl (C=O) groups excluding carboxylic acids is 2. The van der Waals surface area contributed by atoms with Crippen LogP contribution in [0.2, 0.25) is 10.0 Å². The number of alkyl halides is 3. The monoisotopic (exact) mass is 590 g/mol. The minimum Gasteiger partial charge on any atom is -0.481 e. The van der Waals surface area contributed by atoms with Crippen molar-refractivity contribution in [3.63, 3.8) is 0 Å². The highest BCUT2D eigenvalue weighted by Gasteiger charge is 2.45. The largest absolute Gasteiger partial charge is 0.481 e. The normalized spacial score (nSPS) is 20.6. The molecule has 1 N–H and O–H groups in total. The van der Waals surface area contributed by atoms with Crippen LogP contribution in [0.25, 0.3) is 0 Å². The Labute approximate surface area is 234 Å². The average molecular weight is 591 g/mol. The highest BCUT2D eigenvalue weighted by atomic mass is 35.5. The number of nitrogens with zero attached hydrogens (tertiary/aromatic N) is 4. The summed E-state index contributed by atoms with van der Waals surface area (Å²) in [5, 5.41) is 13.4. The van der Waals surface area contributed by atoms with Gasteiger partial charge in [-0.25, -0.2) is 0 Å². The molecule has 0 radical (unpaired) electrons. The third-order valence-corrected chi connectivity index (χ3v) is 7.84. The molecule has 0 spiro atoms. The molecule has 0 aromatic carbocycles. The summed E-state index contributed by atoms with van der Waals surface area (Å²) in [5.74, 6) is -2.56. The number of aromatic nitrogens is 3. The Morgan fingerprint density at radius 3 is 2.18 bits per heavy atom. The van der Waals surface area contributed by atoms with Gasteiger partial charge in [0.25, 0.3) is 5.91 Å². The highest BCUT2D eigenvalue weighted by molar-refractivity contribution is 6.39. The Balaban J connectivity index is 2.00. The van der Waals surface area contributed by atoms with Crippen molar-refractivity contribution in [2.75, 3.05) is 6.54 Å². The first kappa shape index (κ1) is 30.9. The van der Waals surface area contributed by atoms with Gasteiger partial charge < -0.3 is 10.0 Å². The van der Waals surface area contributed by atoms with Crippen LogP contribution in [0.15, 0.2) is 18.6 Å². The number of hydrogen-bond donors (Lipinski definition) is 1. The molecule has 13 heteroatoms. The molecule has 39 heavy (non-hydrogen) atoms. The Bertz CT molecular complexity index is 1220. The number of aliphatic carboxylic acids is 1. The van der Waals surface area contributed by atoms with E-state index >= 15 is 0 Å². The van der Waals surface area contributed by atoms with Crippen LogP contribution in [0.5, 0.6) is 0 Å². The Morgan fingerprint density at radius 1 is 1.13 bits per heavy atom. The zero-order valence-electron chi connectivity index (χ0n) is 22.1. The van der Waals surface area contributed by atoms with Crippen molar-refractivity contribution in [2.24, 2.45) is 11.3 Å². The van der Waals surface area contributed by atoms with Gasteiger partial charge in [-0.2, -0.15) is 18.3 Å².